The molecule has 2 heteroatoms. The number of rotatable bonds is 2. The molecular formula is C12H12N2. The standard InChI is InChI=1S/C12H12N2/c1-10(11-6-4-3-5-7-11)12-8-9-14(2)13-12/h3-9H,1H2,2H3. The fourth-order valence-electron chi connectivity index (χ4n) is 1.36. The lowest BCUT2D eigenvalue weighted by molar-refractivity contribution is 0.763. The average Bonchev–Trinajstić information content (AvgIpc) is 2.65. The van der Waals surface area contributed by atoms with Crippen LogP contribution < -0.4 is 0 Å². The predicted octanol–water partition coefficient (Wildman–Crippen LogP) is 2.48. The molecule has 1 aromatic heterocycles. The molecule has 70 valence electrons. The summed E-state index contributed by atoms with van der Waals surface area (Å²) in [5, 5.41) is 4.30. The third-order valence-corrected chi connectivity index (χ3v) is 2.15. The van der Waals surface area contributed by atoms with E-state index < -0.39 is 0 Å². The zero-order chi connectivity index (χ0) is 9.97. The minimum Gasteiger partial charge on any atom is -0.275 e. The number of aromatic nitrogens is 2. The lowest BCUT2D eigenvalue weighted by Gasteiger charge is -2.01. The maximum Gasteiger partial charge on any atom is 0.0923 e. The first kappa shape index (κ1) is 8.75. The summed E-state index contributed by atoms with van der Waals surface area (Å²) in [6.45, 7) is 4.03. The van der Waals surface area contributed by atoms with E-state index in [0.717, 1.165) is 16.8 Å². The zero-order valence-corrected chi connectivity index (χ0v) is 8.14. The van der Waals surface area contributed by atoms with Crippen molar-refractivity contribution in [1.82, 2.24) is 9.78 Å². The molecule has 0 aliphatic heterocycles. The Morgan fingerprint density at radius 2 is 1.93 bits per heavy atom. The first-order valence-corrected chi connectivity index (χ1v) is 4.52. The SMILES string of the molecule is C=C(c1ccccc1)c1ccn(C)n1. The molecule has 0 fully saturated rings. The molecule has 0 saturated carbocycles. The van der Waals surface area contributed by atoms with Crippen LogP contribution in [0.4, 0.5) is 0 Å². The van der Waals surface area contributed by atoms with Gasteiger partial charge in [0.25, 0.3) is 0 Å². The molecular weight excluding hydrogens is 172 g/mol. The fraction of sp³-hybridized carbons (Fsp3) is 0.0833. The van der Waals surface area contributed by atoms with Gasteiger partial charge in [0, 0.05) is 18.8 Å². The lowest BCUT2D eigenvalue weighted by atomic mass is 10.1. The molecule has 0 atom stereocenters. The number of aryl methyl sites for hydroxylation is 1. The van der Waals surface area contributed by atoms with Gasteiger partial charge in [-0.25, -0.2) is 0 Å². The molecule has 0 amide bonds. The number of hydrogen-bond donors (Lipinski definition) is 0. The Hall–Kier alpha value is -1.83. The quantitative estimate of drug-likeness (QED) is 0.701. The third-order valence-electron chi connectivity index (χ3n) is 2.15. The molecule has 0 saturated heterocycles. The van der Waals surface area contributed by atoms with Crippen LogP contribution in [0.15, 0.2) is 49.2 Å². The van der Waals surface area contributed by atoms with Crippen molar-refractivity contribution in [3.8, 4) is 0 Å². The van der Waals surface area contributed by atoms with Gasteiger partial charge >= 0.3 is 0 Å². The van der Waals surface area contributed by atoms with E-state index >= 15 is 0 Å². The van der Waals surface area contributed by atoms with E-state index in [1.807, 2.05) is 49.6 Å². The highest BCUT2D eigenvalue weighted by molar-refractivity contribution is 5.75. The van der Waals surface area contributed by atoms with Gasteiger partial charge in [0.15, 0.2) is 0 Å². The van der Waals surface area contributed by atoms with E-state index in [9.17, 15) is 0 Å². The molecule has 1 aromatic carbocycles. The predicted molar refractivity (Wildman–Crippen MR) is 57.8 cm³/mol. The Kier molecular flexibility index (Phi) is 2.19. The molecule has 0 radical (unpaired) electrons. The Bertz CT molecular complexity index is 440. The van der Waals surface area contributed by atoms with E-state index in [1.165, 1.54) is 0 Å². The molecule has 0 aliphatic carbocycles. The van der Waals surface area contributed by atoms with Gasteiger partial charge in [-0.05, 0) is 11.6 Å². The lowest BCUT2D eigenvalue weighted by Crippen LogP contribution is -1.91. The Balaban J connectivity index is 2.34. The molecule has 0 aliphatic rings. The summed E-state index contributed by atoms with van der Waals surface area (Å²) in [6, 6.07) is 12.0. The van der Waals surface area contributed by atoms with Crippen molar-refractivity contribution in [3.63, 3.8) is 0 Å². The summed E-state index contributed by atoms with van der Waals surface area (Å²) in [5.41, 5.74) is 3.01. The second-order valence-corrected chi connectivity index (χ2v) is 3.22. The molecule has 14 heavy (non-hydrogen) atoms. The Morgan fingerprint density at radius 1 is 1.21 bits per heavy atom. The first-order chi connectivity index (χ1) is 6.77. The number of benzene rings is 1. The van der Waals surface area contributed by atoms with Crippen LogP contribution in [-0.2, 0) is 7.05 Å². The van der Waals surface area contributed by atoms with Crippen molar-refractivity contribution in [1.29, 1.82) is 0 Å². The molecule has 0 unspecified atom stereocenters. The number of nitrogens with zero attached hydrogens (tertiary/aromatic N) is 2. The van der Waals surface area contributed by atoms with Crippen molar-refractivity contribution >= 4 is 5.57 Å². The van der Waals surface area contributed by atoms with E-state index in [0.29, 0.717) is 0 Å². The summed E-state index contributed by atoms with van der Waals surface area (Å²) >= 11 is 0. The van der Waals surface area contributed by atoms with Crippen LogP contribution in [-0.4, -0.2) is 9.78 Å². The van der Waals surface area contributed by atoms with Gasteiger partial charge in [-0.2, -0.15) is 5.10 Å². The van der Waals surface area contributed by atoms with Gasteiger partial charge < -0.3 is 0 Å². The summed E-state index contributed by atoms with van der Waals surface area (Å²) in [4.78, 5) is 0. The van der Waals surface area contributed by atoms with Gasteiger partial charge in [-0.1, -0.05) is 36.9 Å². The third kappa shape index (κ3) is 1.59. The maximum atomic E-state index is 4.30. The van der Waals surface area contributed by atoms with Crippen LogP contribution in [0.3, 0.4) is 0 Å². The van der Waals surface area contributed by atoms with Crippen LogP contribution >= 0.6 is 0 Å². The van der Waals surface area contributed by atoms with Gasteiger partial charge in [0.1, 0.15) is 0 Å². The van der Waals surface area contributed by atoms with E-state index in [-0.39, 0.29) is 0 Å². The second kappa shape index (κ2) is 3.50. The van der Waals surface area contributed by atoms with E-state index in [1.54, 1.807) is 4.68 Å². The molecule has 0 N–H and O–H groups in total. The first-order valence-electron chi connectivity index (χ1n) is 4.52. The van der Waals surface area contributed by atoms with Crippen LogP contribution in [0.1, 0.15) is 11.3 Å². The Morgan fingerprint density at radius 3 is 2.50 bits per heavy atom. The van der Waals surface area contributed by atoms with Crippen molar-refractivity contribution in [2.75, 3.05) is 0 Å². The summed E-state index contributed by atoms with van der Waals surface area (Å²) in [5.74, 6) is 0. The minimum absolute atomic E-state index is 0.929. The van der Waals surface area contributed by atoms with Crippen LogP contribution in [0, 0.1) is 0 Å². The highest BCUT2D eigenvalue weighted by Gasteiger charge is 2.03. The van der Waals surface area contributed by atoms with Gasteiger partial charge in [-0.15, -0.1) is 0 Å². The van der Waals surface area contributed by atoms with Crippen LogP contribution in [0.25, 0.3) is 5.57 Å². The topological polar surface area (TPSA) is 17.8 Å². The average molecular weight is 184 g/mol. The second-order valence-electron chi connectivity index (χ2n) is 3.22. The van der Waals surface area contributed by atoms with Crippen molar-refractivity contribution in [2.24, 2.45) is 7.05 Å². The van der Waals surface area contributed by atoms with E-state index in [2.05, 4.69) is 11.7 Å². The smallest absolute Gasteiger partial charge is 0.0923 e. The molecule has 2 aromatic rings. The maximum absolute atomic E-state index is 4.30. The van der Waals surface area contributed by atoms with Crippen LogP contribution in [0.5, 0.6) is 0 Å². The van der Waals surface area contributed by atoms with Crippen molar-refractivity contribution in [2.45, 2.75) is 0 Å². The monoisotopic (exact) mass is 184 g/mol. The number of hydrogen-bond acceptors (Lipinski definition) is 1. The van der Waals surface area contributed by atoms with E-state index in [4.69, 9.17) is 0 Å². The highest BCUT2D eigenvalue weighted by Crippen LogP contribution is 2.18. The summed E-state index contributed by atoms with van der Waals surface area (Å²) in [6.07, 6.45) is 1.92. The molecule has 2 nitrogen and oxygen atoms in total. The van der Waals surface area contributed by atoms with Gasteiger partial charge in [0.05, 0.1) is 5.69 Å². The molecule has 0 bridgehead atoms. The van der Waals surface area contributed by atoms with Crippen molar-refractivity contribution < 1.29 is 0 Å². The van der Waals surface area contributed by atoms with Crippen molar-refractivity contribution in [3.05, 3.63) is 60.4 Å². The van der Waals surface area contributed by atoms with Crippen LogP contribution in [0.2, 0.25) is 0 Å². The summed E-state index contributed by atoms with van der Waals surface area (Å²) in [7, 11) is 1.90. The molecule has 0 spiro atoms. The molecule has 2 rings (SSSR count). The van der Waals surface area contributed by atoms with Gasteiger partial charge in [-0.3, -0.25) is 4.68 Å². The fourth-order valence-corrected chi connectivity index (χ4v) is 1.36. The highest BCUT2D eigenvalue weighted by atomic mass is 15.2. The largest absolute Gasteiger partial charge is 0.275 e. The zero-order valence-electron chi connectivity index (χ0n) is 8.14. The molecule has 1 heterocycles. The Labute approximate surface area is 83.5 Å². The minimum atomic E-state index is 0.929. The summed E-state index contributed by atoms with van der Waals surface area (Å²) < 4.78 is 1.78. The normalized spacial score (nSPS) is 10.1. The van der Waals surface area contributed by atoms with Gasteiger partial charge in [0.2, 0.25) is 0 Å².